The van der Waals surface area contributed by atoms with Gasteiger partial charge in [-0.3, -0.25) is 0 Å². The molecule has 2 heteroatoms. The summed E-state index contributed by atoms with van der Waals surface area (Å²) < 4.78 is 6.15. The van der Waals surface area contributed by atoms with E-state index in [9.17, 15) is 0 Å². The van der Waals surface area contributed by atoms with Crippen LogP contribution < -0.4 is 0 Å². The van der Waals surface area contributed by atoms with Crippen LogP contribution >= 0.6 is 0 Å². The minimum atomic E-state index is -1.28. The van der Waals surface area contributed by atoms with Crippen LogP contribution in [0.3, 0.4) is 0 Å². The normalized spacial score (nSPS) is 23.8. The molecule has 0 aromatic heterocycles. The Morgan fingerprint density at radius 1 is 1.20 bits per heavy atom. The van der Waals surface area contributed by atoms with Gasteiger partial charge in [0.15, 0.2) is 0 Å². The quantitative estimate of drug-likeness (QED) is 0.653. The maximum atomic E-state index is 6.15. The van der Waals surface area contributed by atoms with Crippen molar-refractivity contribution in [1.29, 1.82) is 0 Å². The van der Waals surface area contributed by atoms with E-state index in [1.54, 1.807) is 0 Å². The van der Waals surface area contributed by atoms with E-state index in [1.165, 1.54) is 43.7 Å². The molecule has 20 heavy (non-hydrogen) atoms. The Labute approximate surface area is 125 Å². The van der Waals surface area contributed by atoms with Crippen LogP contribution in [0.2, 0.25) is 18.6 Å². The molecule has 1 saturated heterocycles. The minimum absolute atomic E-state index is 0.536. The SMILES string of the molecule is CCCC[C@@H]1OCCC[C@H]1[Si](C)(C)Cc1ccccc1. The van der Waals surface area contributed by atoms with Crippen LogP contribution in [-0.4, -0.2) is 20.8 Å². The monoisotopic (exact) mass is 290 g/mol. The van der Waals surface area contributed by atoms with Crippen LogP contribution in [0, 0.1) is 0 Å². The average Bonchev–Trinajstić information content (AvgIpc) is 2.46. The van der Waals surface area contributed by atoms with Gasteiger partial charge in [0.25, 0.3) is 0 Å². The maximum absolute atomic E-state index is 6.15. The zero-order chi connectivity index (χ0) is 14.4. The molecule has 0 amide bonds. The summed E-state index contributed by atoms with van der Waals surface area (Å²) in [5.41, 5.74) is 2.35. The van der Waals surface area contributed by atoms with E-state index in [0.717, 1.165) is 12.1 Å². The van der Waals surface area contributed by atoms with Gasteiger partial charge < -0.3 is 4.74 Å². The minimum Gasteiger partial charge on any atom is -0.378 e. The van der Waals surface area contributed by atoms with E-state index in [1.807, 2.05) is 0 Å². The van der Waals surface area contributed by atoms with Gasteiger partial charge in [0.1, 0.15) is 0 Å². The van der Waals surface area contributed by atoms with Crippen LogP contribution in [0.1, 0.15) is 44.6 Å². The summed E-state index contributed by atoms with van der Waals surface area (Å²) >= 11 is 0. The largest absolute Gasteiger partial charge is 0.378 e. The Hall–Kier alpha value is -0.603. The van der Waals surface area contributed by atoms with Crippen molar-refractivity contribution < 1.29 is 4.74 Å². The van der Waals surface area contributed by atoms with Crippen molar-refractivity contribution in [1.82, 2.24) is 0 Å². The summed E-state index contributed by atoms with van der Waals surface area (Å²) in [4.78, 5) is 0. The fourth-order valence-electron chi connectivity index (χ4n) is 3.68. The molecule has 0 aliphatic carbocycles. The van der Waals surface area contributed by atoms with Crippen LogP contribution in [0.4, 0.5) is 0 Å². The molecule has 0 N–H and O–H groups in total. The van der Waals surface area contributed by atoms with E-state index in [2.05, 4.69) is 50.3 Å². The highest BCUT2D eigenvalue weighted by molar-refractivity contribution is 6.78. The number of hydrogen-bond acceptors (Lipinski definition) is 1. The first-order chi connectivity index (χ1) is 9.63. The van der Waals surface area contributed by atoms with Crippen LogP contribution in [0.5, 0.6) is 0 Å². The Bertz CT molecular complexity index is 388. The summed E-state index contributed by atoms with van der Waals surface area (Å²) in [5.74, 6) is 0. The third-order valence-corrected chi connectivity index (χ3v) is 8.78. The Balaban J connectivity index is 2.04. The van der Waals surface area contributed by atoms with Gasteiger partial charge in [0.05, 0.1) is 14.2 Å². The summed E-state index contributed by atoms with van der Waals surface area (Å²) in [6.07, 6.45) is 7.06. The molecular formula is C18H30OSi. The molecule has 2 rings (SSSR count). The second-order valence-corrected chi connectivity index (χ2v) is 12.0. The predicted molar refractivity (Wildman–Crippen MR) is 89.9 cm³/mol. The number of rotatable bonds is 6. The molecule has 1 heterocycles. The lowest BCUT2D eigenvalue weighted by molar-refractivity contribution is 0.00822. The first-order valence-electron chi connectivity index (χ1n) is 8.29. The molecule has 1 fully saturated rings. The second kappa shape index (κ2) is 7.42. The molecular weight excluding hydrogens is 260 g/mol. The van der Waals surface area contributed by atoms with Crippen molar-refractivity contribution in [2.75, 3.05) is 6.61 Å². The lowest BCUT2D eigenvalue weighted by atomic mass is 10.0. The number of benzene rings is 1. The van der Waals surface area contributed by atoms with Gasteiger partial charge in [-0.05, 0) is 30.8 Å². The van der Waals surface area contributed by atoms with E-state index < -0.39 is 8.07 Å². The molecule has 1 aromatic carbocycles. The van der Waals surface area contributed by atoms with E-state index >= 15 is 0 Å². The van der Waals surface area contributed by atoms with Gasteiger partial charge in [-0.1, -0.05) is 68.8 Å². The molecule has 112 valence electrons. The lowest BCUT2D eigenvalue weighted by Gasteiger charge is -2.41. The molecule has 0 spiro atoms. The van der Waals surface area contributed by atoms with Crippen LogP contribution in [0.25, 0.3) is 0 Å². The molecule has 2 atom stereocenters. The van der Waals surface area contributed by atoms with Crippen molar-refractivity contribution in [3.05, 3.63) is 35.9 Å². The summed E-state index contributed by atoms with van der Waals surface area (Å²) in [7, 11) is -1.28. The standard InChI is InChI=1S/C18H30OSi/c1-4-5-12-17-18(13-9-14-19-17)20(2,3)15-16-10-7-6-8-11-16/h6-8,10-11,17-18H,4-5,9,12-15H2,1-3H3/t17-,18+/m0/s1. The number of unbranched alkanes of at least 4 members (excludes halogenated alkanes) is 1. The maximum Gasteiger partial charge on any atom is 0.0579 e. The highest BCUT2D eigenvalue weighted by Crippen LogP contribution is 2.39. The Kier molecular flexibility index (Phi) is 5.85. The van der Waals surface area contributed by atoms with Crippen LogP contribution in [0.15, 0.2) is 30.3 Å². The van der Waals surface area contributed by atoms with E-state index in [-0.39, 0.29) is 0 Å². The van der Waals surface area contributed by atoms with Crippen molar-refractivity contribution in [3.8, 4) is 0 Å². The van der Waals surface area contributed by atoms with E-state index in [0.29, 0.717) is 6.10 Å². The summed E-state index contributed by atoms with van der Waals surface area (Å²) in [5, 5.41) is 0. The molecule has 0 saturated carbocycles. The lowest BCUT2D eigenvalue weighted by Crippen LogP contribution is -2.44. The Morgan fingerprint density at radius 2 is 1.95 bits per heavy atom. The van der Waals surface area contributed by atoms with Crippen LogP contribution in [-0.2, 0) is 10.8 Å². The fraction of sp³-hybridized carbons (Fsp3) is 0.667. The van der Waals surface area contributed by atoms with Crippen molar-refractivity contribution in [2.24, 2.45) is 0 Å². The molecule has 0 bridgehead atoms. The zero-order valence-corrected chi connectivity index (χ0v) is 14.4. The van der Waals surface area contributed by atoms with Gasteiger partial charge in [-0.25, -0.2) is 0 Å². The van der Waals surface area contributed by atoms with Crippen molar-refractivity contribution in [2.45, 2.75) is 69.8 Å². The molecule has 0 radical (unpaired) electrons. The first kappa shape index (κ1) is 15.8. The second-order valence-electron chi connectivity index (χ2n) is 6.95. The molecule has 1 nitrogen and oxygen atoms in total. The third kappa shape index (κ3) is 4.19. The number of ether oxygens (including phenoxy) is 1. The number of hydrogen-bond donors (Lipinski definition) is 0. The van der Waals surface area contributed by atoms with Crippen molar-refractivity contribution in [3.63, 3.8) is 0 Å². The molecule has 1 aliphatic heterocycles. The third-order valence-electron chi connectivity index (χ3n) is 4.79. The van der Waals surface area contributed by atoms with Gasteiger partial charge >= 0.3 is 0 Å². The fourth-order valence-corrected chi connectivity index (χ4v) is 7.48. The highest BCUT2D eigenvalue weighted by atomic mass is 28.3. The molecule has 1 aromatic rings. The topological polar surface area (TPSA) is 9.23 Å². The summed E-state index contributed by atoms with van der Waals surface area (Å²) in [6.45, 7) is 8.40. The predicted octanol–water partition coefficient (Wildman–Crippen LogP) is 5.22. The zero-order valence-electron chi connectivity index (χ0n) is 13.4. The van der Waals surface area contributed by atoms with Gasteiger partial charge in [-0.15, -0.1) is 0 Å². The Morgan fingerprint density at radius 3 is 2.65 bits per heavy atom. The first-order valence-corrected chi connectivity index (χ1v) is 11.6. The van der Waals surface area contributed by atoms with E-state index in [4.69, 9.17) is 4.74 Å². The van der Waals surface area contributed by atoms with Gasteiger partial charge in [-0.2, -0.15) is 0 Å². The molecule has 1 aliphatic rings. The highest BCUT2D eigenvalue weighted by Gasteiger charge is 2.39. The van der Waals surface area contributed by atoms with Gasteiger partial charge in [0, 0.05) is 6.61 Å². The average molecular weight is 291 g/mol. The van der Waals surface area contributed by atoms with Crippen molar-refractivity contribution >= 4 is 8.07 Å². The van der Waals surface area contributed by atoms with Gasteiger partial charge in [0.2, 0.25) is 0 Å². The summed E-state index contributed by atoms with van der Waals surface area (Å²) in [6, 6.07) is 12.3. The molecule has 0 unspecified atom stereocenters. The smallest absolute Gasteiger partial charge is 0.0579 e.